The summed E-state index contributed by atoms with van der Waals surface area (Å²) in [5.74, 6) is 1.80. The van der Waals surface area contributed by atoms with E-state index >= 15 is 0 Å². The van der Waals surface area contributed by atoms with Crippen LogP contribution >= 0.6 is 0 Å². The lowest BCUT2D eigenvalue weighted by atomic mass is 10.1. The van der Waals surface area contributed by atoms with Gasteiger partial charge in [0.05, 0.1) is 24.4 Å². The number of nitrogens with zero attached hydrogens (tertiary/aromatic N) is 1. The molecule has 2 aromatic heterocycles. The van der Waals surface area contributed by atoms with Gasteiger partial charge in [0.2, 0.25) is 0 Å². The predicted octanol–water partition coefficient (Wildman–Crippen LogP) is 1.82. The van der Waals surface area contributed by atoms with Crippen molar-refractivity contribution in [2.24, 2.45) is 5.92 Å². The Morgan fingerprint density at radius 2 is 2.50 bits per heavy atom. The second kappa shape index (κ2) is 4.14. The van der Waals surface area contributed by atoms with Gasteiger partial charge in [-0.25, -0.2) is 4.98 Å². The Hall–Kier alpha value is -1.55. The van der Waals surface area contributed by atoms with E-state index in [1.807, 2.05) is 12.3 Å². The third kappa shape index (κ3) is 1.88. The Morgan fingerprint density at radius 3 is 3.25 bits per heavy atom. The maximum Gasteiger partial charge on any atom is 0.106 e. The van der Waals surface area contributed by atoms with Crippen LogP contribution in [0.5, 0.6) is 0 Å². The summed E-state index contributed by atoms with van der Waals surface area (Å²) < 4.78 is 5.05. The zero-order valence-corrected chi connectivity index (χ0v) is 9.07. The number of imidazole rings is 1. The third-order valence-corrected chi connectivity index (χ3v) is 3.11. The molecule has 2 N–H and O–H groups in total. The molecule has 0 saturated carbocycles. The largest absolute Gasteiger partial charge is 0.472 e. The fourth-order valence-corrected chi connectivity index (χ4v) is 2.19. The van der Waals surface area contributed by atoms with Gasteiger partial charge in [0.25, 0.3) is 0 Å². The molecule has 1 saturated heterocycles. The Balaban J connectivity index is 1.72. The maximum atomic E-state index is 5.05. The van der Waals surface area contributed by atoms with Crippen LogP contribution in [0.25, 0.3) is 11.3 Å². The molecular weight excluding hydrogens is 202 g/mol. The van der Waals surface area contributed by atoms with Gasteiger partial charge in [-0.15, -0.1) is 0 Å². The van der Waals surface area contributed by atoms with Crippen LogP contribution in [0.4, 0.5) is 0 Å². The molecule has 16 heavy (non-hydrogen) atoms. The van der Waals surface area contributed by atoms with Crippen molar-refractivity contribution in [1.82, 2.24) is 15.3 Å². The van der Waals surface area contributed by atoms with Gasteiger partial charge in [-0.3, -0.25) is 0 Å². The SMILES string of the molecule is c1cc(-c2cnc(CC3CCNC3)[nH]2)co1. The van der Waals surface area contributed by atoms with E-state index in [9.17, 15) is 0 Å². The van der Waals surface area contributed by atoms with Crippen molar-refractivity contribution in [3.05, 3.63) is 30.6 Å². The topological polar surface area (TPSA) is 53.9 Å². The number of aromatic amines is 1. The molecule has 1 unspecified atom stereocenters. The van der Waals surface area contributed by atoms with Crippen molar-refractivity contribution in [1.29, 1.82) is 0 Å². The van der Waals surface area contributed by atoms with Gasteiger partial charge in [-0.1, -0.05) is 0 Å². The molecule has 1 aliphatic rings. The van der Waals surface area contributed by atoms with Crippen LogP contribution in [-0.2, 0) is 6.42 Å². The molecule has 0 aromatic carbocycles. The fourth-order valence-electron chi connectivity index (χ4n) is 2.19. The second-order valence-electron chi connectivity index (χ2n) is 4.32. The minimum atomic E-state index is 0.725. The van der Waals surface area contributed by atoms with Crippen LogP contribution in [0.2, 0.25) is 0 Å². The summed E-state index contributed by atoms with van der Waals surface area (Å²) >= 11 is 0. The predicted molar refractivity (Wildman–Crippen MR) is 61.0 cm³/mol. The lowest BCUT2D eigenvalue weighted by Gasteiger charge is -2.04. The van der Waals surface area contributed by atoms with E-state index in [-0.39, 0.29) is 0 Å². The van der Waals surface area contributed by atoms with Gasteiger partial charge in [0.1, 0.15) is 5.82 Å². The molecule has 0 bridgehead atoms. The molecule has 0 spiro atoms. The molecule has 2 aromatic rings. The molecule has 0 amide bonds. The van der Waals surface area contributed by atoms with E-state index in [1.54, 1.807) is 12.5 Å². The van der Waals surface area contributed by atoms with Crippen LogP contribution in [0.3, 0.4) is 0 Å². The van der Waals surface area contributed by atoms with Crippen molar-refractivity contribution >= 4 is 0 Å². The van der Waals surface area contributed by atoms with E-state index in [0.29, 0.717) is 0 Å². The number of hydrogen-bond donors (Lipinski definition) is 2. The van der Waals surface area contributed by atoms with E-state index in [2.05, 4.69) is 15.3 Å². The molecule has 1 aliphatic heterocycles. The highest BCUT2D eigenvalue weighted by molar-refractivity contribution is 5.56. The van der Waals surface area contributed by atoms with Gasteiger partial charge in [0, 0.05) is 12.0 Å². The number of hydrogen-bond acceptors (Lipinski definition) is 3. The average molecular weight is 217 g/mol. The van der Waals surface area contributed by atoms with Crippen LogP contribution in [-0.4, -0.2) is 23.1 Å². The fraction of sp³-hybridized carbons (Fsp3) is 0.417. The first-order valence-electron chi connectivity index (χ1n) is 5.69. The lowest BCUT2D eigenvalue weighted by molar-refractivity contribution is 0.564. The first-order valence-corrected chi connectivity index (χ1v) is 5.69. The van der Waals surface area contributed by atoms with Gasteiger partial charge in [0.15, 0.2) is 0 Å². The quantitative estimate of drug-likeness (QED) is 0.824. The molecule has 3 heterocycles. The van der Waals surface area contributed by atoms with Crippen molar-refractivity contribution in [2.45, 2.75) is 12.8 Å². The lowest BCUT2D eigenvalue weighted by Crippen LogP contribution is -2.11. The first kappa shape index (κ1) is 9.66. The summed E-state index contributed by atoms with van der Waals surface area (Å²) in [6, 6.07) is 1.94. The average Bonchev–Trinajstić information content (AvgIpc) is 2.99. The number of aromatic nitrogens is 2. The van der Waals surface area contributed by atoms with Crippen LogP contribution in [0, 0.1) is 5.92 Å². The van der Waals surface area contributed by atoms with Crippen molar-refractivity contribution < 1.29 is 4.42 Å². The molecule has 0 aliphatic carbocycles. The van der Waals surface area contributed by atoms with Crippen molar-refractivity contribution in [2.75, 3.05) is 13.1 Å². The monoisotopic (exact) mass is 217 g/mol. The third-order valence-electron chi connectivity index (χ3n) is 3.11. The second-order valence-corrected chi connectivity index (χ2v) is 4.32. The molecule has 84 valence electrons. The molecule has 4 nitrogen and oxygen atoms in total. The summed E-state index contributed by atoms with van der Waals surface area (Å²) in [6.07, 6.45) is 7.57. The molecular formula is C12H15N3O. The number of rotatable bonds is 3. The molecule has 4 heteroatoms. The highest BCUT2D eigenvalue weighted by Gasteiger charge is 2.16. The molecule has 0 radical (unpaired) electrons. The standard InChI is InChI=1S/C12H15N3O/c1-3-13-6-9(1)5-12-14-7-11(15-12)10-2-4-16-8-10/h2,4,7-9,13H,1,3,5-6H2,(H,14,15). The molecule has 3 rings (SSSR count). The number of H-pyrrole nitrogens is 1. The zero-order valence-electron chi connectivity index (χ0n) is 9.07. The summed E-state index contributed by atoms with van der Waals surface area (Å²) in [7, 11) is 0. The summed E-state index contributed by atoms with van der Waals surface area (Å²) in [4.78, 5) is 7.75. The van der Waals surface area contributed by atoms with E-state index in [4.69, 9.17) is 4.42 Å². The minimum Gasteiger partial charge on any atom is -0.472 e. The van der Waals surface area contributed by atoms with E-state index in [0.717, 1.165) is 42.5 Å². The molecule has 1 fully saturated rings. The van der Waals surface area contributed by atoms with Gasteiger partial charge in [-0.05, 0) is 31.5 Å². The normalized spacial score (nSPS) is 20.4. The minimum absolute atomic E-state index is 0.725. The van der Waals surface area contributed by atoms with Gasteiger partial charge in [-0.2, -0.15) is 0 Å². The van der Waals surface area contributed by atoms with E-state index in [1.165, 1.54) is 6.42 Å². The maximum absolute atomic E-state index is 5.05. The van der Waals surface area contributed by atoms with Crippen LogP contribution in [0.15, 0.2) is 29.2 Å². The summed E-state index contributed by atoms with van der Waals surface area (Å²) in [5, 5.41) is 3.37. The first-order chi connectivity index (χ1) is 7.92. The highest BCUT2D eigenvalue weighted by Crippen LogP contribution is 2.19. The number of nitrogens with one attached hydrogen (secondary N) is 2. The summed E-state index contributed by atoms with van der Waals surface area (Å²) in [6.45, 7) is 2.25. The number of furan rings is 1. The van der Waals surface area contributed by atoms with Crippen molar-refractivity contribution in [3.8, 4) is 11.3 Å². The Bertz CT molecular complexity index is 441. The zero-order chi connectivity index (χ0) is 10.8. The van der Waals surface area contributed by atoms with Crippen LogP contribution < -0.4 is 5.32 Å². The summed E-state index contributed by atoms with van der Waals surface area (Å²) in [5.41, 5.74) is 2.10. The smallest absolute Gasteiger partial charge is 0.106 e. The Morgan fingerprint density at radius 1 is 1.50 bits per heavy atom. The van der Waals surface area contributed by atoms with Crippen LogP contribution in [0.1, 0.15) is 12.2 Å². The Labute approximate surface area is 94.1 Å². The Kier molecular flexibility index (Phi) is 2.50. The highest BCUT2D eigenvalue weighted by atomic mass is 16.3. The van der Waals surface area contributed by atoms with Crippen molar-refractivity contribution in [3.63, 3.8) is 0 Å². The van der Waals surface area contributed by atoms with Gasteiger partial charge >= 0.3 is 0 Å². The van der Waals surface area contributed by atoms with Gasteiger partial charge < -0.3 is 14.7 Å². The molecule has 1 atom stereocenters. The van der Waals surface area contributed by atoms with E-state index < -0.39 is 0 Å².